The van der Waals surface area contributed by atoms with Gasteiger partial charge in [-0.2, -0.15) is 0 Å². The highest BCUT2D eigenvalue weighted by Gasteiger charge is 2.31. The quantitative estimate of drug-likeness (QED) is 0.449. The number of carbonyl (C=O) groups is 1. The largest absolute Gasteiger partial charge is 0.352 e. The summed E-state index contributed by atoms with van der Waals surface area (Å²) < 4.78 is 16.6. The molecule has 0 saturated heterocycles. The maximum absolute atomic E-state index is 10.5. The van der Waals surface area contributed by atoms with Crippen LogP contribution < -0.4 is 11.1 Å². The van der Waals surface area contributed by atoms with Crippen molar-refractivity contribution in [1.29, 1.82) is 0 Å². The van der Waals surface area contributed by atoms with Gasteiger partial charge < -0.3 is 25.3 Å². The number of carbonyl (C=O) groups excluding carboxylic acids is 1. The molecule has 0 spiro atoms. The van der Waals surface area contributed by atoms with E-state index in [0.29, 0.717) is 39.2 Å². The second kappa shape index (κ2) is 9.21. The van der Waals surface area contributed by atoms with Crippen molar-refractivity contribution in [1.82, 2.24) is 5.32 Å². The van der Waals surface area contributed by atoms with Crippen molar-refractivity contribution in [2.45, 2.75) is 39.6 Å². The summed E-state index contributed by atoms with van der Waals surface area (Å²) >= 11 is 0. The number of nitrogens with one attached hydrogen (secondary N) is 1. The van der Waals surface area contributed by atoms with Gasteiger partial charge in [0.1, 0.15) is 0 Å². The summed E-state index contributed by atoms with van der Waals surface area (Å²) in [5.74, 6) is -1.00. The topological polar surface area (TPSA) is 82.8 Å². The van der Waals surface area contributed by atoms with E-state index in [1.54, 1.807) is 0 Å². The van der Waals surface area contributed by atoms with E-state index in [1.165, 1.54) is 0 Å². The van der Waals surface area contributed by atoms with Crippen LogP contribution in [0.3, 0.4) is 0 Å². The van der Waals surface area contributed by atoms with Crippen LogP contribution in [0.1, 0.15) is 33.6 Å². The number of amides is 2. The Labute approximate surface area is 103 Å². The first-order valence-electron chi connectivity index (χ1n) is 6.05. The molecule has 102 valence electrons. The molecule has 0 unspecified atom stereocenters. The zero-order valence-electron chi connectivity index (χ0n) is 11.0. The fourth-order valence-corrected chi connectivity index (χ4v) is 1.52. The fourth-order valence-electron chi connectivity index (χ4n) is 1.52. The van der Waals surface area contributed by atoms with Gasteiger partial charge in [-0.1, -0.05) is 0 Å². The van der Waals surface area contributed by atoms with E-state index in [2.05, 4.69) is 5.32 Å². The van der Waals surface area contributed by atoms with Gasteiger partial charge in [-0.3, -0.25) is 0 Å². The Morgan fingerprint density at radius 3 is 1.94 bits per heavy atom. The highest BCUT2D eigenvalue weighted by atomic mass is 16.9. The SMILES string of the molecule is CCOC(CCCNC(N)=O)(OCC)OCC. The maximum Gasteiger partial charge on any atom is 0.312 e. The fraction of sp³-hybridized carbons (Fsp3) is 0.909. The molecule has 3 N–H and O–H groups in total. The van der Waals surface area contributed by atoms with Crippen molar-refractivity contribution in [3.63, 3.8) is 0 Å². The summed E-state index contributed by atoms with van der Waals surface area (Å²) in [6, 6.07) is -0.528. The van der Waals surface area contributed by atoms with E-state index >= 15 is 0 Å². The van der Waals surface area contributed by atoms with E-state index in [0.717, 1.165) is 0 Å². The summed E-state index contributed by atoms with van der Waals surface area (Å²) in [6.07, 6.45) is 1.21. The van der Waals surface area contributed by atoms with Crippen LogP contribution in [0.5, 0.6) is 0 Å². The van der Waals surface area contributed by atoms with E-state index in [-0.39, 0.29) is 0 Å². The van der Waals surface area contributed by atoms with Crippen molar-refractivity contribution >= 4 is 6.03 Å². The van der Waals surface area contributed by atoms with E-state index in [4.69, 9.17) is 19.9 Å². The summed E-state index contributed by atoms with van der Waals surface area (Å²) in [4.78, 5) is 10.5. The molecule has 0 rings (SSSR count). The molecular formula is C11H24N2O4. The van der Waals surface area contributed by atoms with Crippen LogP contribution >= 0.6 is 0 Å². The zero-order chi connectivity index (χ0) is 13.1. The van der Waals surface area contributed by atoms with E-state index < -0.39 is 12.0 Å². The number of primary amides is 1. The van der Waals surface area contributed by atoms with Crippen LogP contribution in [-0.4, -0.2) is 38.4 Å². The molecular weight excluding hydrogens is 224 g/mol. The van der Waals surface area contributed by atoms with Gasteiger partial charge >= 0.3 is 6.03 Å². The molecule has 6 heteroatoms. The van der Waals surface area contributed by atoms with Crippen LogP contribution in [0, 0.1) is 0 Å². The Balaban J connectivity index is 4.18. The van der Waals surface area contributed by atoms with Crippen molar-refractivity contribution in [3.8, 4) is 0 Å². The van der Waals surface area contributed by atoms with Crippen LogP contribution in [0.4, 0.5) is 4.79 Å². The molecule has 0 fully saturated rings. The van der Waals surface area contributed by atoms with Crippen molar-refractivity contribution in [2.24, 2.45) is 5.73 Å². The molecule has 0 aliphatic carbocycles. The standard InChI is InChI=1S/C11H24N2O4/c1-4-15-11(16-5-2,17-6-3)8-7-9-13-10(12)14/h4-9H2,1-3H3,(H3,12,13,14). The average molecular weight is 248 g/mol. The Kier molecular flexibility index (Phi) is 8.75. The van der Waals surface area contributed by atoms with E-state index in [1.807, 2.05) is 20.8 Å². The first-order chi connectivity index (χ1) is 8.10. The predicted octanol–water partition coefficient (Wildman–Crippen LogP) is 1.20. The van der Waals surface area contributed by atoms with Gasteiger partial charge in [0.15, 0.2) is 0 Å². The normalized spacial score (nSPS) is 11.5. The van der Waals surface area contributed by atoms with Gasteiger partial charge in [0.05, 0.1) is 0 Å². The first-order valence-corrected chi connectivity index (χ1v) is 6.05. The minimum absolute atomic E-state index is 0.476. The van der Waals surface area contributed by atoms with Crippen LogP contribution in [0.15, 0.2) is 0 Å². The monoisotopic (exact) mass is 248 g/mol. The van der Waals surface area contributed by atoms with Crippen molar-refractivity contribution in [3.05, 3.63) is 0 Å². The molecule has 0 aromatic rings. The Bertz CT molecular complexity index is 195. The molecule has 0 radical (unpaired) electrons. The summed E-state index contributed by atoms with van der Waals surface area (Å²) in [5.41, 5.74) is 4.97. The maximum atomic E-state index is 10.5. The smallest absolute Gasteiger partial charge is 0.312 e. The second-order valence-electron chi connectivity index (χ2n) is 3.38. The van der Waals surface area contributed by atoms with Crippen LogP contribution in [0.2, 0.25) is 0 Å². The predicted molar refractivity (Wildman–Crippen MR) is 64.4 cm³/mol. The third kappa shape index (κ3) is 7.14. The number of hydrogen-bond donors (Lipinski definition) is 2. The number of nitrogens with two attached hydrogens (primary N) is 1. The number of urea groups is 1. The summed E-state index contributed by atoms with van der Waals surface area (Å²) in [6.45, 7) is 7.64. The number of hydrogen-bond acceptors (Lipinski definition) is 4. The first kappa shape index (κ1) is 16.1. The van der Waals surface area contributed by atoms with Crippen molar-refractivity contribution < 1.29 is 19.0 Å². The Morgan fingerprint density at radius 2 is 1.59 bits per heavy atom. The number of rotatable bonds is 10. The lowest BCUT2D eigenvalue weighted by molar-refractivity contribution is -0.379. The highest BCUT2D eigenvalue weighted by molar-refractivity contribution is 5.71. The number of ether oxygens (including phenoxy) is 3. The highest BCUT2D eigenvalue weighted by Crippen LogP contribution is 2.21. The van der Waals surface area contributed by atoms with Gasteiger partial charge in [-0.25, -0.2) is 4.79 Å². The molecule has 0 aliphatic rings. The van der Waals surface area contributed by atoms with E-state index in [9.17, 15) is 4.79 Å². The van der Waals surface area contributed by atoms with Gasteiger partial charge in [0, 0.05) is 32.8 Å². The molecule has 0 aromatic carbocycles. The molecule has 6 nitrogen and oxygen atoms in total. The molecule has 0 bridgehead atoms. The van der Waals surface area contributed by atoms with Crippen molar-refractivity contribution in [2.75, 3.05) is 26.4 Å². The minimum atomic E-state index is -1.00. The summed E-state index contributed by atoms with van der Waals surface area (Å²) in [5, 5.41) is 2.52. The van der Waals surface area contributed by atoms with Gasteiger partial charge in [-0.05, 0) is 27.2 Å². The molecule has 0 heterocycles. The van der Waals surface area contributed by atoms with Gasteiger partial charge in [0.2, 0.25) is 0 Å². The third-order valence-corrected chi connectivity index (χ3v) is 2.05. The molecule has 17 heavy (non-hydrogen) atoms. The van der Waals surface area contributed by atoms with Crippen LogP contribution in [0.25, 0.3) is 0 Å². The lowest BCUT2D eigenvalue weighted by Crippen LogP contribution is -2.40. The van der Waals surface area contributed by atoms with Gasteiger partial charge in [0.25, 0.3) is 5.97 Å². The Morgan fingerprint density at radius 1 is 1.12 bits per heavy atom. The third-order valence-electron chi connectivity index (χ3n) is 2.05. The molecule has 0 aromatic heterocycles. The second-order valence-corrected chi connectivity index (χ2v) is 3.38. The molecule has 0 aliphatic heterocycles. The van der Waals surface area contributed by atoms with Crippen LogP contribution in [-0.2, 0) is 14.2 Å². The Hall–Kier alpha value is -0.850. The minimum Gasteiger partial charge on any atom is -0.352 e. The van der Waals surface area contributed by atoms with Gasteiger partial charge in [-0.15, -0.1) is 0 Å². The molecule has 2 amide bonds. The zero-order valence-corrected chi connectivity index (χ0v) is 11.0. The average Bonchev–Trinajstić information content (AvgIpc) is 2.25. The molecule has 0 atom stereocenters. The molecule has 0 saturated carbocycles. The summed E-state index contributed by atoms with van der Waals surface area (Å²) in [7, 11) is 0. The lowest BCUT2D eigenvalue weighted by atomic mass is 10.2. The lowest BCUT2D eigenvalue weighted by Gasteiger charge is -2.32.